The summed E-state index contributed by atoms with van der Waals surface area (Å²) >= 11 is 0. The molecule has 1 aliphatic heterocycles. The lowest BCUT2D eigenvalue weighted by Crippen LogP contribution is -2.28. The fourth-order valence-electron chi connectivity index (χ4n) is 2.74. The molecule has 0 aromatic heterocycles. The van der Waals surface area contributed by atoms with Crippen molar-refractivity contribution in [2.75, 3.05) is 7.11 Å². The van der Waals surface area contributed by atoms with Crippen molar-refractivity contribution in [3.05, 3.63) is 48.1 Å². The fourth-order valence-corrected chi connectivity index (χ4v) is 2.74. The lowest BCUT2D eigenvalue weighted by atomic mass is 9.93. The second-order valence-corrected chi connectivity index (χ2v) is 6.22. The van der Waals surface area contributed by atoms with Crippen LogP contribution < -0.4 is 4.74 Å². The molecule has 0 spiro atoms. The zero-order valence-corrected chi connectivity index (χ0v) is 13.3. The minimum absolute atomic E-state index is 0.150. The average Bonchev–Trinajstić information content (AvgIpc) is 2.44. The van der Waals surface area contributed by atoms with Gasteiger partial charge in [-0.3, -0.25) is 0 Å². The van der Waals surface area contributed by atoms with Gasteiger partial charge in [0.2, 0.25) is 0 Å². The van der Waals surface area contributed by atoms with Crippen LogP contribution in [0.4, 0.5) is 0 Å². The van der Waals surface area contributed by atoms with E-state index in [4.69, 9.17) is 9.47 Å². The smallest absolute Gasteiger partial charge is 0.118 e. The molecule has 0 saturated carbocycles. The summed E-state index contributed by atoms with van der Waals surface area (Å²) in [5.41, 5.74) is 2.47. The first-order chi connectivity index (χ1) is 10.1. The van der Waals surface area contributed by atoms with E-state index in [1.165, 1.54) is 5.57 Å². The summed E-state index contributed by atoms with van der Waals surface area (Å²) in [5, 5.41) is 0. The molecule has 1 aromatic rings. The predicted octanol–water partition coefficient (Wildman–Crippen LogP) is 4.86. The van der Waals surface area contributed by atoms with E-state index < -0.39 is 0 Å². The van der Waals surface area contributed by atoms with E-state index in [2.05, 4.69) is 44.7 Å². The Balaban J connectivity index is 1.96. The van der Waals surface area contributed by atoms with Crippen molar-refractivity contribution in [1.29, 1.82) is 0 Å². The molecule has 0 amide bonds. The van der Waals surface area contributed by atoms with Crippen LogP contribution in [-0.2, 0) is 4.74 Å². The van der Waals surface area contributed by atoms with E-state index >= 15 is 0 Å². The van der Waals surface area contributed by atoms with Crippen molar-refractivity contribution in [3.63, 3.8) is 0 Å². The van der Waals surface area contributed by atoms with Gasteiger partial charge in [-0.25, -0.2) is 0 Å². The van der Waals surface area contributed by atoms with Crippen molar-refractivity contribution in [3.8, 4) is 5.75 Å². The molecule has 114 valence electrons. The maximum atomic E-state index is 6.16. The van der Waals surface area contributed by atoms with Crippen LogP contribution in [0.25, 0.3) is 6.08 Å². The Labute approximate surface area is 128 Å². The second kappa shape index (κ2) is 7.46. The summed E-state index contributed by atoms with van der Waals surface area (Å²) in [6, 6.07) is 8.06. The van der Waals surface area contributed by atoms with Crippen LogP contribution in [0, 0.1) is 5.92 Å². The molecule has 0 aliphatic carbocycles. The van der Waals surface area contributed by atoms with Gasteiger partial charge in [-0.15, -0.1) is 0 Å². The van der Waals surface area contributed by atoms with E-state index in [0.29, 0.717) is 12.0 Å². The lowest BCUT2D eigenvalue weighted by Gasteiger charge is -2.31. The zero-order valence-electron chi connectivity index (χ0n) is 13.3. The van der Waals surface area contributed by atoms with E-state index in [-0.39, 0.29) is 6.10 Å². The van der Waals surface area contributed by atoms with Crippen molar-refractivity contribution in [2.45, 2.75) is 45.3 Å². The molecule has 0 bridgehead atoms. The molecule has 1 aliphatic rings. The first-order valence-electron chi connectivity index (χ1n) is 7.71. The van der Waals surface area contributed by atoms with Gasteiger partial charge < -0.3 is 9.47 Å². The number of rotatable bonds is 5. The summed E-state index contributed by atoms with van der Waals surface area (Å²) in [7, 11) is 1.68. The van der Waals surface area contributed by atoms with Crippen LogP contribution in [0.15, 0.2) is 42.5 Å². The van der Waals surface area contributed by atoms with Gasteiger partial charge in [-0.2, -0.15) is 0 Å². The molecule has 2 heteroatoms. The molecular weight excluding hydrogens is 260 g/mol. The molecule has 1 aromatic carbocycles. The first-order valence-corrected chi connectivity index (χ1v) is 7.71. The molecule has 2 atom stereocenters. The highest BCUT2D eigenvalue weighted by Crippen LogP contribution is 2.28. The third-order valence-electron chi connectivity index (χ3n) is 3.73. The van der Waals surface area contributed by atoms with Crippen molar-refractivity contribution >= 4 is 6.08 Å². The Morgan fingerprint density at radius 2 is 2.00 bits per heavy atom. The van der Waals surface area contributed by atoms with Crippen LogP contribution >= 0.6 is 0 Å². The molecule has 1 fully saturated rings. The highest BCUT2D eigenvalue weighted by atomic mass is 16.5. The zero-order chi connectivity index (χ0) is 15.2. The molecule has 0 radical (unpaired) electrons. The highest BCUT2D eigenvalue weighted by molar-refractivity contribution is 5.51. The summed E-state index contributed by atoms with van der Waals surface area (Å²) in [6.07, 6.45) is 7.78. The van der Waals surface area contributed by atoms with Crippen molar-refractivity contribution in [2.24, 2.45) is 5.92 Å². The highest BCUT2D eigenvalue weighted by Gasteiger charge is 2.23. The molecule has 0 unspecified atom stereocenters. The van der Waals surface area contributed by atoms with Crippen LogP contribution in [0.1, 0.15) is 38.7 Å². The Hall–Kier alpha value is -1.54. The monoisotopic (exact) mass is 286 g/mol. The summed E-state index contributed by atoms with van der Waals surface area (Å²) in [4.78, 5) is 0. The SMILES string of the molecule is C=C1C[C@H](CC(C)C)O[C@H](/C=C/c2ccc(OC)cc2)C1. The molecule has 0 N–H and O–H groups in total. The van der Waals surface area contributed by atoms with Gasteiger partial charge in [0, 0.05) is 0 Å². The Morgan fingerprint density at radius 3 is 2.62 bits per heavy atom. The summed E-state index contributed by atoms with van der Waals surface area (Å²) in [5.74, 6) is 1.54. The van der Waals surface area contributed by atoms with Gasteiger partial charge in [-0.1, -0.05) is 50.3 Å². The van der Waals surface area contributed by atoms with E-state index in [1.807, 2.05) is 12.1 Å². The topological polar surface area (TPSA) is 18.5 Å². The predicted molar refractivity (Wildman–Crippen MR) is 88.5 cm³/mol. The molecule has 1 heterocycles. The third kappa shape index (κ3) is 5.05. The van der Waals surface area contributed by atoms with Crippen molar-refractivity contribution in [1.82, 2.24) is 0 Å². The summed E-state index contributed by atoms with van der Waals surface area (Å²) < 4.78 is 11.3. The average molecular weight is 286 g/mol. The standard InChI is InChI=1S/C19H26O2/c1-14(2)11-19-13-15(3)12-18(21-19)10-7-16-5-8-17(20-4)9-6-16/h5-10,14,18-19H,3,11-13H2,1-2,4H3/b10-7+/t18-,19+/m1/s1. The van der Waals surface area contributed by atoms with E-state index in [9.17, 15) is 0 Å². The fraction of sp³-hybridized carbons (Fsp3) is 0.474. The molecule has 1 saturated heterocycles. The quantitative estimate of drug-likeness (QED) is 0.720. The molecule has 2 rings (SSSR count). The number of hydrogen-bond acceptors (Lipinski definition) is 2. The van der Waals surface area contributed by atoms with Gasteiger partial charge in [-0.05, 0) is 42.9 Å². The van der Waals surface area contributed by atoms with E-state index in [0.717, 1.165) is 30.6 Å². The minimum Gasteiger partial charge on any atom is -0.497 e. The Morgan fingerprint density at radius 1 is 1.29 bits per heavy atom. The minimum atomic E-state index is 0.150. The van der Waals surface area contributed by atoms with Crippen LogP contribution in [0.2, 0.25) is 0 Å². The van der Waals surface area contributed by atoms with Gasteiger partial charge in [0.25, 0.3) is 0 Å². The first kappa shape index (κ1) is 15.8. The maximum absolute atomic E-state index is 6.16. The largest absolute Gasteiger partial charge is 0.497 e. The van der Waals surface area contributed by atoms with Gasteiger partial charge in [0.1, 0.15) is 5.75 Å². The number of benzene rings is 1. The van der Waals surface area contributed by atoms with Crippen LogP contribution in [0.5, 0.6) is 5.75 Å². The second-order valence-electron chi connectivity index (χ2n) is 6.22. The molecule has 2 nitrogen and oxygen atoms in total. The van der Waals surface area contributed by atoms with Crippen LogP contribution in [-0.4, -0.2) is 19.3 Å². The van der Waals surface area contributed by atoms with Crippen molar-refractivity contribution < 1.29 is 9.47 Å². The van der Waals surface area contributed by atoms with Gasteiger partial charge >= 0.3 is 0 Å². The van der Waals surface area contributed by atoms with Gasteiger partial charge in [0.05, 0.1) is 19.3 Å². The Bertz CT molecular complexity index is 485. The Kier molecular flexibility index (Phi) is 5.63. The number of hydrogen-bond donors (Lipinski definition) is 0. The normalized spacial score (nSPS) is 23.0. The van der Waals surface area contributed by atoms with Gasteiger partial charge in [0.15, 0.2) is 0 Å². The lowest BCUT2D eigenvalue weighted by molar-refractivity contribution is -0.0157. The van der Waals surface area contributed by atoms with Crippen LogP contribution in [0.3, 0.4) is 0 Å². The summed E-state index contributed by atoms with van der Waals surface area (Å²) in [6.45, 7) is 8.65. The number of methoxy groups -OCH3 is 1. The molecule has 21 heavy (non-hydrogen) atoms. The van der Waals surface area contributed by atoms with E-state index in [1.54, 1.807) is 7.11 Å². The number of ether oxygens (including phenoxy) is 2. The maximum Gasteiger partial charge on any atom is 0.118 e. The molecular formula is C19H26O2. The third-order valence-corrected chi connectivity index (χ3v) is 3.73.